The first kappa shape index (κ1) is 12.2. The fraction of sp³-hybridized carbons (Fsp3) is 0.143. The Hall–Kier alpha value is -2.23. The third-order valence-corrected chi connectivity index (χ3v) is 2.60. The van der Waals surface area contributed by atoms with Crippen LogP contribution in [0.5, 0.6) is 0 Å². The van der Waals surface area contributed by atoms with E-state index in [0.29, 0.717) is 5.56 Å². The summed E-state index contributed by atoms with van der Waals surface area (Å²) >= 11 is 0. The Balaban J connectivity index is 2.23. The summed E-state index contributed by atoms with van der Waals surface area (Å²) in [6, 6.07) is 10.4. The highest BCUT2D eigenvalue weighted by Crippen LogP contribution is 2.21. The molecule has 0 saturated heterocycles. The lowest BCUT2D eigenvalue weighted by molar-refractivity contribution is -0.139. The van der Waals surface area contributed by atoms with Crippen molar-refractivity contribution in [1.29, 1.82) is 0 Å². The molecule has 1 aromatic carbocycles. The number of halogens is 1. The molecule has 0 saturated carbocycles. The van der Waals surface area contributed by atoms with Crippen molar-refractivity contribution in [2.75, 3.05) is 7.11 Å². The van der Waals surface area contributed by atoms with Crippen molar-refractivity contribution in [2.24, 2.45) is 0 Å². The number of rotatable bonds is 3. The van der Waals surface area contributed by atoms with Crippen molar-refractivity contribution in [2.45, 2.75) is 6.42 Å². The van der Waals surface area contributed by atoms with E-state index < -0.39 is 5.95 Å². The zero-order valence-electron chi connectivity index (χ0n) is 9.89. The van der Waals surface area contributed by atoms with Crippen LogP contribution in [0.3, 0.4) is 0 Å². The fourth-order valence-corrected chi connectivity index (χ4v) is 1.64. The molecule has 0 fully saturated rings. The van der Waals surface area contributed by atoms with Crippen LogP contribution < -0.4 is 0 Å². The lowest BCUT2D eigenvalue weighted by Crippen LogP contribution is -2.04. The lowest BCUT2D eigenvalue weighted by Gasteiger charge is -2.04. The molecule has 0 bridgehead atoms. The predicted octanol–water partition coefficient (Wildman–Crippen LogP) is 2.60. The summed E-state index contributed by atoms with van der Waals surface area (Å²) in [4.78, 5) is 14.7. The minimum atomic E-state index is -0.502. The Labute approximate surface area is 104 Å². The van der Waals surface area contributed by atoms with Crippen LogP contribution in [-0.2, 0) is 16.0 Å². The molecule has 0 spiro atoms. The van der Waals surface area contributed by atoms with Crippen molar-refractivity contribution in [3.05, 3.63) is 54.1 Å². The van der Waals surface area contributed by atoms with Gasteiger partial charge in [0.1, 0.15) is 0 Å². The second-order valence-electron chi connectivity index (χ2n) is 3.79. The van der Waals surface area contributed by atoms with Gasteiger partial charge >= 0.3 is 5.97 Å². The Kier molecular flexibility index (Phi) is 3.67. The molecule has 92 valence electrons. The fourth-order valence-electron chi connectivity index (χ4n) is 1.64. The van der Waals surface area contributed by atoms with E-state index in [1.165, 1.54) is 13.3 Å². The van der Waals surface area contributed by atoms with E-state index in [-0.39, 0.29) is 12.4 Å². The average Bonchev–Trinajstić information content (AvgIpc) is 2.40. The molecule has 0 N–H and O–H groups in total. The number of nitrogens with zero attached hydrogens (tertiary/aromatic N) is 1. The largest absolute Gasteiger partial charge is 0.469 e. The second-order valence-corrected chi connectivity index (χ2v) is 3.79. The molecule has 0 amide bonds. The highest BCUT2D eigenvalue weighted by molar-refractivity contribution is 5.73. The maximum Gasteiger partial charge on any atom is 0.309 e. The number of hydrogen-bond donors (Lipinski definition) is 0. The van der Waals surface area contributed by atoms with Gasteiger partial charge in [-0.15, -0.1) is 0 Å². The zero-order chi connectivity index (χ0) is 13.0. The van der Waals surface area contributed by atoms with Gasteiger partial charge in [-0.05, 0) is 23.3 Å². The summed E-state index contributed by atoms with van der Waals surface area (Å²) in [6.45, 7) is 0. The summed E-state index contributed by atoms with van der Waals surface area (Å²) in [7, 11) is 1.35. The molecule has 18 heavy (non-hydrogen) atoms. The quantitative estimate of drug-likeness (QED) is 0.616. The summed E-state index contributed by atoms with van der Waals surface area (Å²) in [5.74, 6) is -0.798. The maximum absolute atomic E-state index is 13.5. The van der Waals surface area contributed by atoms with Crippen LogP contribution in [0.4, 0.5) is 4.39 Å². The van der Waals surface area contributed by atoms with Gasteiger partial charge in [-0.25, -0.2) is 4.98 Å². The van der Waals surface area contributed by atoms with Gasteiger partial charge < -0.3 is 4.74 Å². The van der Waals surface area contributed by atoms with Gasteiger partial charge in [0.2, 0.25) is 5.95 Å². The van der Waals surface area contributed by atoms with Gasteiger partial charge in [0, 0.05) is 11.8 Å². The van der Waals surface area contributed by atoms with Crippen molar-refractivity contribution in [3.63, 3.8) is 0 Å². The molecule has 0 aliphatic carbocycles. The third kappa shape index (κ3) is 2.71. The molecule has 0 atom stereocenters. The molecule has 0 aliphatic heterocycles. The third-order valence-electron chi connectivity index (χ3n) is 2.60. The van der Waals surface area contributed by atoms with E-state index >= 15 is 0 Å². The first-order valence-electron chi connectivity index (χ1n) is 5.47. The lowest BCUT2D eigenvalue weighted by atomic mass is 10.0. The SMILES string of the molecule is COC(=O)Cc1ccc(-c2cccnc2F)cc1. The van der Waals surface area contributed by atoms with Crippen LogP contribution in [0.15, 0.2) is 42.6 Å². The van der Waals surface area contributed by atoms with Crippen molar-refractivity contribution in [3.8, 4) is 11.1 Å². The summed E-state index contributed by atoms with van der Waals surface area (Å²) in [5, 5.41) is 0. The topological polar surface area (TPSA) is 39.2 Å². The van der Waals surface area contributed by atoms with Gasteiger partial charge in [-0.1, -0.05) is 24.3 Å². The Morgan fingerprint density at radius 3 is 2.61 bits per heavy atom. The minimum absolute atomic E-state index is 0.215. The highest BCUT2D eigenvalue weighted by atomic mass is 19.1. The number of esters is 1. The molecule has 3 nitrogen and oxygen atoms in total. The molecular formula is C14H12FNO2. The first-order chi connectivity index (χ1) is 8.70. The molecule has 0 unspecified atom stereocenters. The number of ether oxygens (including phenoxy) is 1. The van der Waals surface area contributed by atoms with Crippen LogP contribution in [-0.4, -0.2) is 18.1 Å². The second kappa shape index (κ2) is 5.40. The zero-order valence-corrected chi connectivity index (χ0v) is 9.89. The molecule has 1 heterocycles. The summed E-state index contributed by atoms with van der Waals surface area (Å²) < 4.78 is 18.0. The highest BCUT2D eigenvalue weighted by Gasteiger charge is 2.06. The molecule has 0 radical (unpaired) electrons. The number of carbonyl (C=O) groups excluding carboxylic acids is 1. The number of benzene rings is 1. The van der Waals surface area contributed by atoms with E-state index in [2.05, 4.69) is 9.72 Å². The number of pyridine rings is 1. The normalized spacial score (nSPS) is 10.1. The molecule has 2 aromatic rings. The van der Waals surface area contributed by atoms with E-state index in [4.69, 9.17) is 0 Å². The van der Waals surface area contributed by atoms with E-state index in [9.17, 15) is 9.18 Å². The maximum atomic E-state index is 13.5. The Morgan fingerprint density at radius 1 is 1.28 bits per heavy atom. The standard InChI is InChI=1S/C14H12FNO2/c1-18-13(17)9-10-4-6-11(7-5-10)12-3-2-8-16-14(12)15/h2-8H,9H2,1H3. The Bertz CT molecular complexity index is 552. The van der Waals surface area contributed by atoms with E-state index in [0.717, 1.165) is 11.1 Å². The molecule has 0 aliphatic rings. The van der Waals surface area contributed by atoms with Crippen LogP contribution in [0.1, 0.15) is 5.56 Å². The number of methoxy groups -OCH3 is 1. The minimum Gasteiger partial charge on any atom is -0.469 e. The summed E-state index contributed by atoms with van der Waals surface area (Å²) in [5.41, 5.74) is 2.01. The monoisotopic (exact) mass is 245 g/mol. The van der Waals surface area contributed by atoms with E-state index in [1.54, 1.807) is 36.4 Å². The van der Waals surface area contributed by atoms with Gasteiger partial charge in [-0.2, -0.15) is 4.39 Å². The van der Waals surface area contributed by atoms with Crippen LogP contribution >= 0.6 is 0 Å². The predicted molar refractivity (Wildman–Crippen MR) is 65.4 cm³/mol. The van der Waals surface area contributed by atoms with Gasteiger partial charge in [0.25, 0.3) is 0 Å². The number of aromatic nitrogens is 1. The molecule has 2 rings (SSSR count). The molecule has 1 aromatic heterocycles. The van der Waals surface area contributed by atoms with Gasteiger partial charge in [0.05, 0.1) is 13.5 Å². The van der Waals surface area contributed by atoms with Crippen LogP contribution in [0.2, 0.25) is 0 Å². The van der Waals surface area contributed by atoms with Gasteiger partial charge in [-0.3, -0.25) is 4.79 Å². The van der Waals surface area contributed by atoms with Crippen molar-refractivity contribution < 1.29 is 13.9 Å². The van der Waals surface area contributed by atoms with E-state index in [1.807, 2.05) is 0 Å². The summed E-state index contributed by atoms with van der Waals surface area (Å²) in [6.07, 6.45) is 1.62. The Morgan fingerprint density at radius 2 is 2.00 bits per heavy atom. The number of carbonyl (C=O) groups is 1. The smallest absolute Gasteiger partial charge is 0.309 e. The average molecular weight is 245 g/mol. The van der Waals surface area contributed by atoms with Gasteiger partial charge in [0.15, 0.2) is 0 Å². The van der Waals surface area contributed by atoms with Crippen molar-refractivity contribution >= 4 is 5.97 Å². The van der Waals surface area contributed by atoms with Crippen molar-refractivity contribution in [1.82, 2.24) is 4.98 Å². The number of hydrogen-bond acceptors (Lipinski definition) is 3. The molecule has 4 heteroatoms. The first-order valence-corrected chi connectivity index (χ1v) is 5.47. The van der Waals surface area contributed by atoms with Crippen LogP contribution in [0, 0.1) is 5.95 Å². The molecular weight excluding hydrogens is 233 g/mol. The van der Waals surface area contributed by atoms with Crippen LogP contribution in [0.25, 0.3) is 11.1 Å².